The molecule has 0 spiro atoms. The zero-order chi connectivity index (χ0) is 16.2. The first kappa shape index (κ1) is 19.7. The van der Waals surface area contributed by atoms with Crippen molar-refractivity contribution in [3.05, 3.63) is 0 Å². The molecule has 0 atom stereocenters. The van der Waals surface area contributed by atoms with Crippen LogP contribution in [-0.4, -0.2) is 32.1 Å². The molecule has 136 valence electrons. The van der Waals surface area contributed by atoms with Crippen LogP contribution in [0.4, 0.5) is 17.6 Å². The first-order valence-corrected chi connectivity index (χ1v) is 9.26. The topological polar surface area (TPSA) is 43.4 Å². The Hall–Kier alpha value is 0.360. The first-order chi connectivity index (χ1) is 10.1. The van der Waals surface area contributed by atoms with Gasteiger partial charge in [-0.2, -0.15) is 8.42 Å². The molecular weight excluding hydrogens is 451 g/mol. The van der Waals surface area contributed by atoms with Crippen LogP contribution in [0.5, 0.6) is 0 Å². The highest BCUT2D eigenvalue weighted by Crippen LogP contribution is 2.57. The van der Waals surface area contributed by atoms with Gasteiger partial charge in [-0.15, -0.1) is 24.0 Å². The van der Waals surface area contributed by atoms with Crippen LogP contribution in [0.3, 0.4) is 0 Å². The molecule has 0 N–H and O–H groups in total. The summed E-state index contributed by atoms with van der Waals surface area (Å²) in [6.07, 6.45) is -0.0673. The Morgan fingerprint density at radius 2 is 1.48 bits per heavy atom. The van der Waals surface area contributed by atoms with E-state index in [2.05, 4.69) is 0 Å². The SMILES string of the molecule is I.O=S(=O)(CCC(F)(F)C(F)F)OC12CC3CC(CC(C3)C1)C2. The lowest BCUT2D eigenvalue weighted by Gasteiger charge is -2.55. The van der Waals surface area contributed by atoms with Gasteiger partial charge < -0.3 is 0 Å². The molecule has 0 heterocycles. The number of hydrogen-bond acceptors (Lipinski definition) is 3. The van der Waals surface area contributed by atoms with Gasteiger partial charge in [0.2, 0.25) is 0 Å². The molecule has 3 nitrogen and oxygen atoms in total. The molecule has 23 heavy (non-hydrogen) atoms. The molecule has 4 rings (SSSR count). The minimum atomic E-state index is -4.29. The van der Waals surface area contributed by atoms with E-state index in [0.29, 0.717) is 37.0 Å². The van der Waals surface area contributed by atoms with Crippen LogP contribution >= 0.6 is 24.0 Å². The fraction of sp³-hybridized carbons (Fsp3) is 1.00. The van der Waals surface area contributed by atoms with Crippen LogP contribution in [0, 0.1) is 17.8 Å². The lowest BCUT2D eigenvalue weighted by atomic mass is 9.54. The van der Waals surface area contributed by atoms with Gasteiger partial charge in [0.15, 0.2) is 0 Å². The maximum atomic E-state index is 12.9. The van der Waals surface area contributed by atoms with E-state index in [1.165, 1.54) is 0 Å². The maximum absolute atomic E-state index is 12.9. The summed E-state index contributed by atoms with van der Waals surface area (Å²) in [5, 5.41) is 0. The van der Waals surface area contributed by atoms with Crippen molar-refractivity contribution in [2.24, 2.45) is 17.8 Å². The monoisotopic (exact) mass is 472 g/mol. The second-order valence-corrected chi connectivity index (χ2v) is 8.95. The zero-order valence-electron chi connectivity index (χ0n) is 12.5. The zero-order valence-corrected chi connectivity index (χ0v) is 15.7. The summed E-state index contributed by atoms with van der Waals surface area (Å²) >= 11 is 0. The van der Waals surface area contributed by atoms with Crippen molar-refractivity contribution in [1.29, 1.82) is 0 Å². The first-order valence-electron chi connectivity index (χ1n) is 7.68. The van der Waals surface area contributed by atoms with Gasteiger partial charge in [-0.3, -0.25) is 4.18 Å². The number of alkyl halides is 4. The predicted octanol–water partition coefficient (Wildman–Crippen LogP) is 4.21. The van der Waals surface area contributed by atoms with Gasteiger partial charge in [0.25, 0.3) is 10.1 Å². The molecule has 0 aromatic rings. The van der Waals surface area contributed by atoms with Gasteiger partial charge in [-0.1, -0.05) is 0 Å². The lowest BCUT2D eigenvalue weighted by molar-refractivity contribution is -0.130. The highest BCUT2D eigenvalue weighted by molar-refractivity contribution is 14.0. The Morgan fingerprint density at radius 1 is 1.04 bits per heavy atom. The van der Waals surface area contributed by atoms with E-state index in [0.717, 1.165) is 19.3 Å². The van der Waals surface area contributed by atoms with Gasteiger partial charge in [0.1, 0.15) is 0 Å². The van der Waals surface area contributed by atoms with Crippen molar-refractivity contribution in [2.45, 2.75) is 62.9 Å². The lowest BCUT2D eigenvalue weighted by Crippen LogP contribution is -2.53. The van der Waals surface area contributed by atoms with Crippen molar-refractivity contribution in [3.8, 4) is 0 Å². The number of hydrogen-bond donors (Lipinski definition) is 0. The van der Waals surface area contributed by atoms with Crippen molar-refractivity contribution in [3.63, 3.8) is 0 Å². The molecule has 0 saturated heterocycles. The minimum Gasteiger partial charge on any atom is -0.263 e. The van der Waals surface area contributed by atoms with Crippen molar-refractivity contribution in [2.75, 3.05) is 5.75 Å². The van der Waals surface area contributed by atoms with E-state index in [1.54, 1.807) is 0 Å². The van der Waals surface area contributed by atoms with Crippen LogP contribution < -0.4 is 0 Å². The molecule has 4 aliphatic carbocycles. The van der Waals surface area contributed by atoms with E-state index < -0.39 is 40.2 Å². The Balaban J connectivity index is 0.00000192. The van der Waals surface area contributed by atoms with Crippen LogP contribution in [0.15, 0.2) is 0 Å². The van der Waals surface area contributed by atoms with E-state index >= 15 is 0 Å². The molecule has 0 amide bonds. The predicted molar refractivity (Wildman–Crippen MR) is 86.8 cm³/mol. The van der Waals surface area contributed by atoms with Gasteiger partial charge in [-0.25, -0.2) is 17.6 Å². The number of rotatable bonds is 6. The van der Waals surface area contributed by atoms with Crippen LogP contribution in [0.1, 0.15) is 44.9 Å². The summed E-state index contributed by atoms with van der Waals surface area (Å²) < 4.78 is 79.3. The van der Waals surface area contributed by atoms with Gasteiger partial charge in [0.05, 0.1) is 11.4 Å². The molecule has 4 bridgehead atoms. The average Bonchev–Trinajstić information content (AvgIpc) is 2.33. The Kier molecular flexibility index (Phi) is 5.64. The molecule has 4 aliphatic rings. The second-order valence-electron chi connectivity index (χ2n) is 7.26. The molecule has 0 unspecified atom stereocenters. The van der Waals surface area contributed by atoms with Crippen molar-refractivity contribution in [1.82, 2.24) is 0 Å². The average molecular weight is 472 g/mol. The number of halogens is 5. The highest BCUT2D eigenvalue weighted by atomic mass is 127. The molecule has 0 aliphatic heterocycles. The third kappa shape index (κ3) is 4.31. The summed E-state index contributed by atoms with van der Waals surface area (Å²) in [5.41, 5.74) is -0.770. The standard InChI is InChI=1S/C14H20F4O3S.HI/c15-12(16)14(17,18)1-2-22(19,20)21-13-6-9-3-10(7-13)5-11(4-9)8-13;/h9-12H,1-8H2;1H. The molecular formula is C14H21F4IO3S. The van der Waals surface area contributed by atoms with E-state index in [-0.39, 0.29) is 24.0 Å². The Morgan fingerprint density at radius 3 is 1.87 bits per heavy atom. The minimum absolute atomic E-state index is 0. The third-order valence-corrected chi connectivity index (χ3v) is 6.60. The van der Waals surface area contributed by atoms with Crippen LogP contribution in [-0.2, 0) is 14.3 Å². The summed E-state index contributed by atoms with van der Waals surface area (Å²) in [4.78, 5) is 0. The normalized spacial score (nSPS) is 36.3. The summed E-state index contributed by atoms with van der Waals surface area (Å²) in [7, 11) is -4.22. The summed E-state index contributed by atoms with van der Waals surface area (Å²) in [5.74, 6) is -4.01. The quantitative estimate of drug-likeness (QED) is 0.331. The maximum Gasteiger partial charge on any atom is 0.308 e. The summed E-state index contributed by atoms with van der Waals surface area (Å²) in [6, 6.07) is 0. The van der Waals surface area contributed by atoms with Gasteiger partial charge >= 0.3 is 12.3 Å². The fourth-order valence-electron chi connectivity index (χ4n) is 4.81. The van der Waals surface area contributed by atoms with Crippen molar-refractivity contribution < 1.29 is 30.2 Å². The molecule has 0 aromatic carbocycles. The largest absolute Gasteiger partial charge is 0.308 e. The van der Waals surface area contributed by atoms with Crippen LogP contribution in [0.25, 0.3) is 0 Å². The molecule has 0 radical (unpaired) electrons. The van der Waals surface area contributed by atoms with Crippen LogP contribution in [0.2, 0.25) is 0 Å². The van der Waals surface area contributed by atoms with E-state index in [9.17, 15) is 26.0 Å². The molecule has 0 aromatic heterocycles. The molecule has 4 saturated carbocycles. The Bertz CT molecular complexity index is 503. The van der Waals surface area contributed by atoms with E-state index in [1.807, 2.05) is 0 Å². The van der Waals surface area contributed by atoms with Crippen molar-refractivity contribution >= 4 is 34.1 Å². The third-order valence-electron chi connectivity index (χ3n) is 5.29. The molecule has 4 fully saturated rings. The summed E-state index contributed by atoms with van der Waals surface area (Å²) in [6.45, 7) is 0. The smallest absolute Gasteiger partial charge is 0.263 e. The Labute approximate surface area is 150 Å². The van der Waals surface area contributed by atoms with Gasteiger partial charge in [-0.05, 0) is 56.3 Å². The second kappa shape index (κ2) is 6.59. The van der Waals surface area contributed by atoms with E-state index in [4.69, 9.17) is 4.18 Å². The fourth-order valence-corrected chi connectivity index (χ4v) is 6.16. The highest BCUT2D eigenvalue weighted by Gasteiger charge is 2.54. The van der Waals surface area contributed by atoms with Gasteiger partial charge in [0, 0.05) is 6.42 Å². The molecule has 9 heteroatoms.